The van der Waals surface area contributed by atoms with Crippen molar-refractivity contribution in [3.63, 3.8) is 0 Å². The summed E-state index contributed by atoms with van der Waals surface area (Å²) >= 11 is 0. The van der Waals surface area contributed by atoms with Crippen LogP contribution in [0.1, 0.15) is 5.56 Å². The molecule has 0 spiro atoms. The molecule has 0 atom stereocenters. The standard InChI is InChI=1S/C12H12N4O2/c1-17-8-3-7(4-9(5-8)18-2)11-10(6-13)12(14)16-15-11/h3-5H,1-2H3,(H3,14,15,16). The summed E-state index contributed by atoms with van der Waals surface area (Å²) in [5.41, 5.74) is 7.19. The molecule has 6 nitrogen and oxygen atoms in total. The minimum atomic E-state index is 0.175. The third-order valence-corrected chi connectivity index (χ3v) is 2.55. The first-order valence-electron chi connectivity index (χ1n) is 5.17. The predicted molar refractivity (Wildman–Crippen MR) is 66.3 cm³/mol. The zero-order valence-corrected chi connectivity index (χ0v) is 10.0. The fraction of sp³-hybridized carbons (Fsp3) is 0.167. The van der Waals surface area contributed by atoms with Crippen molar-refractivity contribution in [3.8, 4) is 28.8 Å². The Hall–Kier alpha value is -2.68. The van der Waals surface area contributed by atoms with Crippen molar-refractivity contribution in [2.45, 2.75) is 0 Å². The highest BCUT2D eigenvalue weighted by molar-refractivity contribution is 5.74. The first-order chi connectivity index (χ1) is 8.69. The van der Waals surface area contributed by atoms with E-state index in [9.17, 15) is 0 Å². The van der Waals surface area contributed by atoms with E-state index >= 15 is 0 Å². The van der Waals surface area contributed by atoms with Crippen LogP contribution in [0.5, 0.6) is 11.5 Å². The van der Waals surface area contributed by atoms with Gasteiger partial charge in [-0.2, -0.15) is 10.4 Å². The van der Waals surface area contributed by atoms with E-state index in [4.69, 9.17) is 20.5 Å². The van der Waals surface area contributed by atoms with Crippen LogP contribution < -0.4 is 15.2 Å². The Morgan fingerprint density at radius 1 is 1.22 bits per heavy atom. The highest BCUT2D eigenvalue weighted by atomic mass is 16.5. The maximum absolute atomic E-state index is 9.05. The number of rotatable bonds is 3. The molecule has 0 radical (unpaired) electrons. The lowest BCUT2D eigenvalue weighted by atomic mass is 10.1. The van der Waals surface area contributed by atoms with Crippen molar-refractivity contribution in [2.24, 2.45) is 0 Å². The Kier molecular flexibility index (Phi) is 3.06. The monoisotopic (exact) mass is 244 g/mol. The van der Waals surface area contributed by atoms with Gasteiger partial charge in [-0.3, -0.25) is 5.10 Å². The number of aromatic nitrogens is 2. The average molecular weight is 244 g/mol. The van der Waals surface area contributed by atoms with E-state index in [0.29, 0.717) is 22.8 Å². The Labute approximate surface area is 104 Å². The zero-order valence-electron chi connectivity index (χ0n) is 10.0. The van der Waals surface area contributed by atoms with Crippen LogP contribution in [-0.4, -0.2) is 24.4 Å². The minimum absolute atomic E-state index is 0.175. The highest BCUT2D eigenvalue weighted by Gasteiger charge is 2.14. The fourth-order valence-corrected chi connectivity index (χ4v) is 1.63. The normalized spacial score (nSPS) is 9.83. The molecule has 0 bridgehead atoms. The molecular weight excluding hydrogens is 232 g/mol. The van der Waals surface area contributed by atoms with Gasteiger partial charge in [-0.25, -0.2) is 0 Å². The third-order valence-electron chi connectivity index (χ3n) is 2.55. The molecule has 0 saturated heterocycles. The van der Waals surface area contributed by atoms with Gasteiger partial charge in [0.1, 0.15) is 23.1 Å². The molecule has 92 valence electrons. The van der Waals surface area contributed by atoms with Crippen LogP contribution in [0.25, 0.3) is 11.3 Å². The van der Waals surface area contributed by atoms with Gasteiger partial charge in [-0.05, 0) is 12.1 Å². The van der Waals surface area contributed by atoms with Crippen LogP contribution in [0.3, 0.4) is 0 Å². The SMILES string of the molecule is COc1cc(OC)cc(-c2[nH]nc(N)c2C#N)c1. The molecule has 0 amide bonds. The second-order valence-corrected chi connectivity index (χ2v) is 3.57. The van der Waals surface area contributed by atoms with Crippen molar-refractivity contribution in [1.82, 2.24) is 10.2 Å². The number of nitrogens with two attached hydrogens (primary N) is 1. The summed E-state index contributed by atoms with van der Waals surface area (Å²) in [6.07, 6.45) is 0. The van der Waals surface area contributed by atoms with Gasteiger partial charge in [0.15, 0.2) is 5.82 Å². The molecule has 1 aromatic carbocycles. The molecule has 0 fully saturated rings. The summed E-state index contributed by atoms with van der Waals surface area (Å²) in [4.78, 5) is 0. The predicted octanol–water partition coefficient (Wildman–Crippen LogP) is 1.55. The Morgan fingerprint density at radius 3 is 2.33 bits per heavy atom. The Bertz CT molecular complexity index is 591. The summed E-state index contributed by atoms with van der Waals surface area (Å²) in [7, 11) is 3.12. The van der Waals surface area contributed by atoms with E-state index in [1.165, 1.54) is 0 Å². The van der Waals surface area contributed by atoms with E-state index in [0.717, 1.165) is 5.56 Å². The van der Waals surface area contributed by atoms with Crippen LogP contribution in [0, 0.1) is 11.3 Å². The molecule has 0 aliphatic rings. The van der Waals surface area contributed by atoms with Crippen LogP contribution in [0.15, 0.2) is 18.2 Å². The molecule has 1 heterocycles. The molecule has 2 aromatic rings. The van der Waals surface area contributed by atoms with Crippen LogP contribution >= 0.6 is 0 Å². The maximum Gasteiger partial charge on any atom is 0.163 e. The number of nitrogens with zero attached hydrogens (tertiary/aromatic N) is 2. The summed E-state index contributed by atoms with van der Waals surface area (Å²) in [5, 5.41) is 15.6. The van der Waals surface area contributed by atoms with Gasteiger partial charge in [0.2, 0.25) is 0 Å². The summed E-state index contributed by atoms with van der Waals surface area (Å²) < 4.78 is 10.3. The van der Waals surface area contributed by atoms with Gasteiger partial charge in [-0.1, -0.05) is 0 Å². The first kappa shape index (κ1) is 11.8. The number of ether oxygens (including phenoxy) is 2. The van der Waals surface area contributed by atoms with E-state index in [-0.39, 0.29) is 5.82 Å². The first-order valence-corrected chi connectivity index (χ1v) is 5.17. The number of nitriles is 1. The van der Waals surface area contributed by atoms with Crippen molar-refractivity contribution < 1.29 is 9.47 Å². The van der Waals surface area contributed by atoms with Gasteiger partial charge in [0, 0.05) is 11.6 Å². The molecule has 0 unspecified atom stereocenters. The van der Waals surface area contributed by atoms with Gasteiger partial charge in [0.25, 0.3) is 0 Å². The number of benzene rings is 1. The molecule has 0 aliphatic heterocycles. The molecular formula is C12H12N4O2. The quantitative estimate of drug-likeness (QED) is 0.853. The van der Waals surface area contributed by atoms with Gasteiger partial charge in [0.05, 0.1) is 19.9 Å². The lowest BCUT2D eigenvalue weighted by molar-refractivity contribution is 0.394. The molecule has 18 heavy (non-hydrogen) atoms. The maximum atomic E-state index is 9.05. The molecule has 2 rings (SSSR count). The third kappa shape index (κ3) is 1.94. The van der Waals surface area contributed by atoms with Crippen molar-refractivity contribution in [1.29, 1.82) is 5.26 Å². The zero-order chi connectivity index (χ0) is 13.1. The second-order valence-electron chi connectivity index (χ2n) is 3.57. The van der Waals surface area contributed by atoms with E-state index < -0.39 is 0 Å². The van der Waals surface area contributed by atoms with E-state index in [1.807, 2.05) is 6.07 Å². The minimum Gasteiger partial charge on any atom is -0.497 e. The number of hydrogen-bond acceptors (Lipinski definition) is 5. The van der Waals surface area contributed by atoms with Gasteiger partial charge >= 0.3 is 0 Å². The lowest BCUT2D eigenvalue weighted by Gasteiger charge is -2.07. The largest absolute Gasteiger partial charge is 0.497 e. The summed E-state index contributed by atoms with van der Waals surface area (Å²) in [6, 6.07) is 7.31. The molecule has 3 N–H and O–H groups in total. The molecule has 1 aromatic heterocycles. The number of nitrogens with one attached hydrogen (secondary N) is 1. The second kappa shape index (κ2) is 4.67. The smallest absolute Gasteiger partial charge is 0.163 e. The van der Waals surface area contributed by atoms with Crippen molar-refractivity contribution in [2.75, 3.05) is 20.0 Å². The summed E-state index contributed by atoms with van der Waals surface area (Å²) in [5.74, 6) is 1.43. The lowest BCUT2D eigenvalue weighted by Crippen LogP contribution is -1.91. The number of anilines is 1. The van der Waals surface area contributed by atoms with E-state index in [2.05, 4.69) is 10.2 Å². The van der Waals surface area contributed by atoms with Crippen LogP contribution in [-0.2, 0) is 0 Å². The van der Waals surface area contributed by atoms with Crippen molar-refractivity contribution in [3.05, 3.63) is 23.8 Å². The van der Waals surface area contributed by atoms with E-state index in [1.54, 1.807) is 32.4 Å². The molecule has 0 aliphatic carbocycles. The number of H-pyrrole nitrogens is 1. The van der Waals surface area contributed by atoms with Crippen LogP contribution in [0.4, 0.5) is 5.82 Å². The molecule has 0 saturated carbocycles. The number of nitrogen functional groups attached to an aromatic ring is 1. The Morgan fingerprint density at radius 2 is 1.83 bits per heavy atom. The number of aromatic amines is 1. The highest BCUT2D eigenvalue weighted by Crippen LogP contribution is 2.31. The van der Waals surface area contributed by atoms with Crippen LogP contribution in [0.2, 0.25) is 0 Å². The molecule has 6 heteroatoms. The average Bonchev–Trinajstić information content (AvgIpc) is 2.79. The summed E-state index contributed by atoms with van der Waals surface area (Å²) in [6.45, 7) is 0. The Balaban J connectivity index is 2.60. The number of methoxy groups -OCH3 is 2. The number of hydrogen-bond donors (Lipinski definition) is 2. The van der Waals surface area contributed by atoms with Gasteiger partial charge in [-0.15, -0.1) is 0 Å². The van der Waals surface area contributed by atoms with Crippen molar-refractivity contribution >= 4 is 5.82 Å². The topological polar surface area (TPSA) is 96.9 Å². The van der Waals surface area contributed by atoms with Gasteiger partial charge < -0.3 is 15.2 Å². The fourth-order valence-electron chi connectivity index (χ4n) is 1.63.